The molecule has 0 amide bonds. The van der Waals surface area contributed by atoms with Gasteiger partial charge in [-0.2, -0.15) is 0 Å². The lowest BCUT2D eigenvalue weighted by Gasteiger charge is -2.04. The van der Waals surface area contributed by atoms with E-state index in [0.29, 0.717) is 18.1 Å². The van der Waals surface area contributed by atoms with Gasteiger partial charge in [0.1, 0.15) is 11.6 Å². The monoisotopic (exact) mass is 253 g/mol. The second-order valence-electron chi connectivity index (χ2n) is 4.09. The van der Waals surface area contributed by atoms with Crippen LogP contribution in [0.5, 0.6) is 0 Å². The van der Waals surface area contributed by atoms with Crippen LogP contribution < -0.4 is 5.73 Å². The van der Waals surface area contributed by atoms with Crippen LogP contribution in [0.2, 0.25) is 0 Å². The molecule has 6 heteroatoms. The summed E-state index contributed by atoms with van der Waals surface area (Å²) >= 11 is 0. The van der Waals surface area contributed by atoms with Crippen molar-refractivity contribution in [2.24, 2.45) is 0 Å². The molecular formula is C11H15N3O2S. The number of nitrogens with two attached hydrogens (primary N) is 1. The van der Waals surface area contributed by atoms with E-state index in [2.05, 4.69) is 4.98 Å². The Hall–Kier alpha value is -1.56. The minimum atomic E-state index is -3.08. The molecule has 0 aliphatic carbocycles. The number of hydrogen-bond donors (Lipinski definition) is 1. The van der Waals surface area contributed by atoms with Gasteiger partial charge in [-0.25, -0.2) is 13.4 Å². The maximum Gasteiger partial charge on any atom is 0.154 e. The summed E-state index contributed by atoms with van der Waals surface area (Å²) in [6.45, 7) is 2.63. The van der Waals surface area contributed by atoms with Crippen molar-refractivity contribution in [1.82, 2.24) is 9.55 Å². The Morgan fingerprint density at radius 3 is 2.71 bits per heavy atom. The minimum Gasteiger partial charge on any atom is -0.399 e. The van der Waals surface area contributed by atoms with Crippen LogP contribution in [0.25, 0.3) is 11.0 Å². The van der Waals surface area contributed by atoms with Crippen molar-refractivity contribution in [3.05, 3.63) is 24.0 Å². The Morgan fingerprint density at radius 1 is 1.41 bits per heavy atom. The molecule has 2 N–H and O–H groups in total. The fourth-order valence-electron chi connectivity index (χ4n) is 1.89. The Labute approximate surface area is 100 Å². The van der Waals surface area contributed by atoms with Crippen LogP contribution >= 0.6 is 0 Å². The third-order valence-corrected chi connectivity index (χ3v) is 3.34. The second kappa shape index (κ2) is 4.03. The van der Waals surface area contributed by atoms with Crippen LogP contribution in [0, 0.1) is 0 Å². The average Bonchev–Trinajstić information content (AvgIpc) is 2.51. The fourth-order valence-corrected chi connectivity index (χ4v) is 2.58. The summed E-state index contributed by atoms with van der Waals surface area (Å²) in [6.07, 6.45) is 1.21. The SMILES string of the molecule is CCn1c(CS(C)(=O)=O)nc2ccc(N)cc21. The maximum absolute atomic E-state index is 11.3. The first kappa shape index (κ1) is 11.9. The zero-order valence-corrected chi connectivity index (χ0v) is 10.7. The zero-order valence-electron chi connectivity index (χ0n) is 9.84. The lowest BCUT2D eigenvalue weighted by molar-refractivity contribution is 0.597. The van der Waals surface area contributed by atoms with Gasteiger partial charge in [0.2, 0.25) is 0 Å². The van der Waals surface area contributed by atoms with Gasteiger partial charge >= 0.3 is 0 Å². The average molecular weight is 253 g/mol. The Morgan fingerprint density at radius 2 is 2.12 bits per heavy atom. The van der Waals surface area contributed by atoms with Gasteiger partial charge in [-0.15, -0.1) is 0 Å². The molecule has 0 saturated heterocycles. The number of sulfone groups is 1. The number of aryl methyl sites for hydroxylation is 1. The minimum absolute atomic E-state index is 0.0462. The molecule has 0 aliphatic rings. The number of hydrogen-bond acceptors (Lipinski definition) is 4. The molecule has 17 heavy (non-hydrogen) atoms. The van der Waals surface area contributed by atoms with Crippen molar-refractivity contribution in [3.8, 4) is 0 Å². The number of fused-ring (bicyclic) bond motifs is 1. The topological polar surface area (TPSA) is 78.0 Å². The highest BCUT2D eigenvalue weighted by Crippen LogP contribution is 2.20. The van der Waals surface area contributed by atoms with E-state index in [1.165, 1.54) is 6.26 Å². The van der Waals surface area contributed by atoms with Crippen LogP contribution in [-0.2, 0) is 22.1 Å². The molecule has 0 fully saturated rings. The standard InChI is InChI=1S/C11H15N3O2S/c1-3-14-10-6-8(12)4-5-9(10)13-11(14)7-17(2,15)16/h4-6H,3,7,12H2,1-2H3. The Kier molecular flexibility index (Phi) is 2.82. The smallest absolute Gasteiger partial charge is 0.154 e. The number of aromatic nitrogens is 2. The van der Waals surface area contributed by atoms with Crippen molar-refractivity contribution in [3.63, 3.8) is 0 Å². The van der Waals surface area contributed by atoms with Gasteiger partial charge in [-0.1, -0.05) is 0 Å². The molecular weight excluding hydrogens is 238 g/mol. The van der Waals surface area contributed by atoms with Crippen LogP contribution in [0.1, 0.15) is 12.7 Å². The van der Waals surface area contributed by atoms with Gasteiger partial charge in [-0.05, 0) is 25.1 Å². The molecule has 1 aromatic carbocycles. The summed E-state index contributed by atoms with van der Waals surface area (Å²) in [5, 5.41) is 0. The molecule has 0 saturated carbocycles. The summed E-state index contributed by atoms with van der Waals surface area (Å²) in [4.78, 5) is 4.34. The van der Waals surface area contributed by atoms with Crippen molar-refractivity contribution in [2.75, 3.05) is 12.0 Å². The van der Waals surface area contributed by atoms with Gasteiger partial charge in [0, 0.05) is 18.5 Å². The molecule has 2 aromatic rings. The molecule has 0 radical (unpaired) electrons. The summed E-state index contributed by atoms with van der Waals surface area (Å²) in [7, 11) is -3.08. The summed E-state index contributed by atoms with van der Waals surface area (Å²) in [6, 6.07) is 5.39. The molecule has 1 heterocycles. The molecule has 5 nitrogen and oxygen atoms in total. The maximum atomic E-state index is 11.3. The predicted octanol–water partition coefficient (Wildman–Crippen LogP) is 1.18. The highest BCUT2D eigenvalue weighted by molar-refractivity contribution is 7.89. The van der Waals surface area contributed by atoms with Crippen LogP contribution in [-0.4, -0.2) is 24.2 Å². The molecule has 0 unspecified atom stereocenters. The number of rotatable bonds is 3. The first-order valence-electron chi connectivity index (χ1n) is 5.33. The van der Waals surface area contributed by atoms with Crippen LogP contribution in [0.4, 0.5) is 5.69 Å². The number of nitrogens with zero attached hydrogens (tertiary/aromatic N) is 2. The van der Waals surface area contributed by atoms with E-state index in [0.717, 1.165) is 11.0 Å². The summed E-state index contributed by atoms with van der Waals surface area (Å²) in [5.41, 5.74) is 8.03. The number of imidazole rings is 1. The van der Waals surface area contributed by atoms with E-state index < -0.39 is 9.84 Å². The molecule has 1 aromatic heterocycles. The third-order valence-electron chi connectivity index (χ3n) is 2.56. The van der Waals surface area contributed by atoms with E-state index in [9.17, 15) is 8.42 Å². The first-order chi connectivity index (χ1) is 7.90. The normalized spacial score (nSPS) is 12.1. The number of anilines is 1. The van der Waals surface area contributed by atoms with Gasteiger partial charge in [0.25, 0.3) is 0 Å². The number of nitrogen functional groups attached to an aromatic ring is 1. The molecule has 0 bridgehead atoms. The van der Waals surface area contributed by atoms with Crippen LogP contribution in [0.3, 0.4) is 0 Å². The van der Waals surface area contributed by atoms with E-state index >= 15 is 0 Å². The molecule has 0 spiro atoms. The van der Waals surface area contributed by atoms with E-state index in [4.69, 9.17) is 5.73 Å². The molecule has 0 aliphatic heterocycles. The quantitative estimate of drug-likeness (QED) is 0.833. The summed E-state index contributed by atoms with van der Waals surface area (Å²) < 4.78 is 24.6. The van der Waals surface area contributed by atoms with E-state index in [1.807, 2.05) is 23.6 Å². The third kappa shape index (κ3) is 2.41. The van der Waals surface area contributed by atoms with E-state index in [-0.39, 0.29) is 5.75 Å². The van der Waals surface area contributed by atoms with Gasteiger partial charge in [0.05, 0.1) is 11.0 Å². The zero-order chi connectivity index (χ0) is 12.6. The molecule has 2 rings (SSSR count). The fraction of sp³-hybridized carbons (Fsp3) is 0.364. The van der Waals surface area contributed by atoms with Crippen molar-refractivity contribution < 1.29 is 8.42 Å². The Bertz CT molecular complexity index is 659. The largest absolute Gasteiger partial charge is 0.399 e. The second-order valence-corrected chi connectivity index (χ2v) is 6.23. The molecule has 92 valence electrons. The predicted molar refractivity (Wildman–Crippen MR) is 68.4 cm³/mol. The van der Waals surface area contributed by atoms with Crippen molar-refractivity contribution in [1.29, 1.82) is 0 Å². The van der Waals surface area contributed by atoms with E-state index in [1.54, 1.807) is 6.07 Å². The number of benzene rings is 1. The van der Waals surface area contributed by atoms with Gasteiger partial charge < -0.3 is 10.3 Å². The summed E-state index contributed by atoms with van der Waals surface area (Å²) in [5.74, 6) is 0.519. The van der Waals surface area contributed by atoms with Crippen molar-refractivity contribution >= 4 is 26.6 Å². The highest BCUT2D eigenvalue weighted by Gasteiger charge is 2.14. The molecule has 0 atom stereocenters. The lowest BCUT2D eigenvalue weighted by Crippen LogP contribution is -2.08. The lowest BCUT2D eigenvalue weighted by atomic mass is 10.3. The van der Waals surface area contributed by atoms with Crippen molar-refractivity contribution in [2.45, 2.75) is 19.2 Å². The van der Waals surface area contributed by atoms with Gasteiger partial charge in [-0.3, -0.25) is 0 Å². The highest BCUT2D eigenvalue weighted by atomic mass is 32.2. The first-order valence-corrected chi connectivity index (χ1v) is 7.39. The van der Waals surface area contributed by atoms with Crippen LogP contribution in [0.15, 0.2) is 18.2 Å². The Balaban J connectivity index is 2.64. The van der Waals surface area contributed by atoms with Gasteiger partial charge in [0.15, 0.2) is 9.84 Å².